The number of aliphatic hydroxyl groups excluding tert-OH is 1. The Morgan fingerprint density at radius 1 is 0.955 bits per heavy atom. The van der Waals surface area contributed by atoms with Crippen LogP contribution in [0.3, 0.4) is 0 Å². The number of carbonyl (C=O) groups excluding carboxylic acids is 2. The molecule has 0 aliphatic heterocycles. The molecule has 0 bridgehead atoms. The Morgan fingerprint density at radius 2 is 1.27 bits per heavy atom. The third kappa shape index (κ3) is 78.5. The van der Waals surface area contributed by atoms with Crippen molar-refractivity contribution >= 4 is 18.2 Å². The van der Waals surface area contributed by atoms with Crippen LogP contribution >= 0.6 is 0 Å². The van der Waals surface area contributed by atoms with Gasteiger partial charge in [-0.15, -0.1) is 0 Å². The summed E-state index contributed by atoms with van der Waals surface area (Å²) >= 11 is 0. The van der Waals surface area contributed by atoms with Crippen LogP contribution in [0.5, 0.6) is 0 Å². The van der Waals surface area contributed by atoms with Gasteiger partial charge < -0.3 is 10.5 Å². The van der Waals surface area contributed by atoms with E-state index in [-0.39, 0.29) is 6.61 Å². The molecule has 0 radical (unpaired) electrons. The molecular formula is C14H33NO7. The zero-order chi connectivity index (χ0) is 18.8. The van der Waals surface area contributed by atoms with Gasteiger partial charge in [-0.05, 0) is 20.8 Å². The zero-order valence-electron chi connectivity index (χ0n) is 15.1. The molecule has 0 rings (SSSR count). The molecule has 0 atom stereocenters. The zero-order valence-corrected chi connectivity index (χ0v) is 15.1. The average Bonchev–Trinajstić information content (AvgIpc) is 2.55. The highest BCUT2D eigenvalue weighted by atomic mass is 17.2. The summed E-state index contributed by atoms with van der Waals surface area (Å²) in [6.45, 7) is 15.3. The maximum Gasteiger partial charge on any atom is 0.383 e. The molecule has 0 spiro atoms. The molecule has 22 heavy (non-hydrogen) atoms. The fourth-order valence-electron chi connectivity index (χ4n) is 0.283. The summed E-state index contributed by atoms with van der Waals surface area (Å²) in [5.74, 6) is -1.20. The van der Waals surface area contributed by atoms with Crippen molar-refractivity contribution in [3.63, 3.8) is 0 Å². The standard InChI is InChI=1S/C4H7NO3.C4H8O3.C2H6O.2C2H6/c1-2-7-8-4(6)3-5;1-3-6-7-4(2)5;1-2-3;2*1-2/h3,5H,2H2,1H3;3H2,1-2H3;3H,2H2,1H3;2*1-2H3. The average molecular weight is 327 g/mol. The van der Waals surface area contributed by atoms with E-state index < -0.39 is 11.9 Å². The maximum absolute atomic E-state index is 9.98. The highest BCUT2D eigenvalue weighted by molar-refractivity contribution is 6.21. The molecule has 0 aromatic heterocycles. The number of aliphatic hydroxyl groups is 1. The lowest BCUT2D eigenvalue weighted by Crippen LogP contribution is -2.04. The van der Waals surface area contributed by atoms with Crippen LogP contribution in [0.1, 0.15) is 55.4 Å². The van der Waals surface area contributed by atoms with Gasteiger partial charge in [0.1, 0.15) is 6.21 Å². The summed E-state index contributed by atoms with van der Waals surface area (Å²) in [4.78, 5) is 36.3. The van der Waals surface area contributed by atoms with E-state index in [0.29, 0.717) is 19.4 Å². The largest absolute Gasteiger partial charge is 0.397 e. The van der Waals surface area contributed by atoms with E-state index in [1.54, 1.807) is 20.8 Å². The molecule has 0 aliphatic carbocycles. The molecule has 0 unspecified atom stereocenters. The fraction of sp³-hybridized carbons (Fsp3) is 0.786. The van der Waals surface area contributed by atoms with Crippen molar-refractivity contribution in [2.24, 2.45) is 0 Å². The van der Waals surface area contributed by atoms with Gasteiger partial charge in [0.05, 0.1) is 13.2 Å². The first-order valence-electron chi connectivity index (χ1n) is 7.24. The Balaban J connectivity index is -0.0000000626. The normalized spacial score (nSPS) is 6.95. The summed E-state index contributed by atoms with van der Waals surface area (Å²) < 4.78 is 0. The van der Waals surface area contributed by atoms with Crippen molar-refractivity contribution < 1.29 is 34.2 Å². The third-order valence-corrected chi connectivity index (χ3v) is 0.671. The molecule has 0 aromatic rings. The highest BCUT2D eigenvalue weighted by Gasteiger charge is 1.93. The second-order valence-corrected chi connectivity index (χ2v) is 2.25. The Hall–Kier alpha value is -1.51. The summed E-state index contributed by atoms with van der Waals surface area (Å²) in [6.07, 6.45) is 0.537. The van der Waals surface area contributed by atoms with E-state index in [2.05, 4.69) is 19.6 Å². The van der Waals surface area contributed by atoms with Crippen LogP contribution < -0.4 is 0 Å². The van der Waals surface area contributed by atoms with E-state index in [1.165, 1.54) is 6.92 Å². The van der Waals surface area contributed by atoms with Crippen LogP contribution in [-0.2, 0) is 29.1 Å². The molecule has 0 fully saturated rings. The first-order chi connectivity index (χ1) is 10.5. The summed E-state index contributed by atoms with van der Waals surface area (Å²) in [7, 11) is 0. The van der Waals surface area contributed by atoms with Crippen molar-refractivity contribution in [2.75, 3.05) is 19.8 Å². The first-order valence-corrected chi connectivity index (χ1v) is 7.24. The van der Waals surface area contributed by atoms with Gasteiger partial charge in [-0.25, -0.2) is 9.59 Å². The molecular weight excluding hydrogens is 294 g/mol. The quantitative estimate of drug-likeness (QED) is 0.453. The van der Waals surface area contributed by atoms with Crippen molar-refractivity contribution in [3.8, 4) is 0 Å². The van der Waals surface area contributed by atoms with E-state index in [1.807, 2.05) is 27.7 Å². The lowest BCUT2D eigenvalue weighted by Gasteiger charge is -1.93. The minimum absolute atomic E-state index is 0.250. The van der Waals surface area contributed by atoms with Gasteiger partial charge >= 0.3 is 11.9 Å². The number of carbonyl (C=O) groups is 2. The Labute approximate surface area is 134 Å². The molecule has 2 N–H and O–H groups in total. The predicted octanol–water partition coefficient (Wildman–Crippen LogP) is 2.68. The van der Waals surface area contributed by atoms with E-state index in [4.69, 9.17) is 10.5 Å². The SMILES string of the molecule is CC.CC.CCO.CCOOC(=O)C=N.CCOOC(C)=O. The molecule has 0 amide bonds. The van der Waals surface area contributed by atoms with Crippen molar-refractivity contribution in [1.29, 1.82) is 5.41 Å². The Bertz CT molecular complexity index is 211. The lowest BCUT2D eigenvalue weighted by molar-refractivity contribution is -0.267. The number of rotatable bonds is 5. The van der Waals surface area contributed by atoms with Crippen molar-refractivity contribution in [3.05, 3.63) is 0 Å². The summed E-state index contributed by atoms with van der Waals surface area (Å²) in [5, 5.41) is 13.9. The summed E-state index contributed by atoms with van der Waals surface area (Å²) in [6, 6.07) is 0. The molecule has 8 heteroatoms. The van der Waals surface area contributed by atoms with E-state index >= 15 is 0 Å². The van der Waals surface area contributed by atoms with Crippen LogP contribution in [0.15, 0.2) is 0 Å². The van der Waals surface area contributed by atoms with Crippen LogP contribution in [0, 0.1) is 5.41 Å². The lowest BCUT2D eigenvalue weighted by atomic mass is 10.8. The van der Waals surface area contributed by atoms with Crippen LogP contribution in [-0.4, -0.2) is 43.1 Å². The van der Waals surface area contributed by atoms with Gasteiger partial charge in [0.25, 0.3) is 0 Å². The van der Waals surface area contributed by atoms with Gasteiger partial charge in [0, 0.05) is 13.5 Å². The van der Waals surface area contributed by atoms with E-state index in [0.717, 1.165) is 0 Å². The fourth-order valence-corrected chi connectivity index (χ4v) is 0.283. The Morgan fingerprint density at radius 3 is 1.45 bits per heavy atom. The minimum atomic E-state index is -0.785. The smallest absolute Gasteiger partial charge is 0.383 e. The van der Waals surface area contributed by atoms with Crippen LogP contribution in [0.2, 0.25) is 0 Å². The summed E-state index contributed by atoms with van der Waals surface area (Å²) in [5.41, 5.74) is 0. The second kappa shape index (κ2) is 42.7. The van der Waals surface area contributed by atoms with Crippen molar-refractivity contribution in [1.82, 2.24) is 0 Å². The van der Waals surface area contributed by atoms with Gasteiger partial charge in [-0.2, -0.15) is 9.78 Å². The number of hydrogen-bond donors (Lipinski definition) is 2. The van der Waals surface area contributed by atoms with E-state index in [9.17, 15) is 9.59 Å². The van der Waals surface area contributed by atoms with Crippen molar-refractivity contribution in [2.45, 2.75) is 55.4 Å². The molecule has 0 saturated heterocycles. The van der Waals surface area contributed by atoms with Gasteiger partial charge in [0.2, 0.25) is 0 Å². The van der Waals surface area contributed by atoms with Crippen LogP contribution in [0.25, 0.3) is 0 Å². The first kappa shape index (κ1) is 32.4. The van der Waals surface area contributed by atoms with Gasteiger partial charge in [-0.1, -0.05) is 27.7 Å². The highest BCUT2D eigenvalue weighted by Crippen LogP contribution is 1.76. The third-order valence-electron chi connectivity index (χ3n) is 0.671. The number of nitrogens with one attached hydrogen (secondary N) is 1. The number of hydrogen-bond acceptors (Lipinski definition) is 8. The van der Waals surface area contributed by atoms with Crippen LogP contribution in [0.4, 0.5) is 0 Å². The molecule has 0 saturated carbocycles. The second-order valence-electron chi connectivity index (χ2n) is 2.25. The maximum atomic E-state index is 9.98. The molecule has 0 heterocycles. The predicted molar refractivity (Wildman–Crippen MR) is 85.3 cm³/mol. The molecule has 0 aliphatic rings. The Kier molecular flexibility index (Phi) is 63.0. The van der Waals surface area contributed by atoms with Gasteiger partial charge in [-0.3, -0.25) is 9.78 Å². The van der Waals surface area contributed by atoms with Gasteiger partial charge in [0.15, 0.2) is 0 Å². The molecule has 136 valence electrons. The molecule has 8 nitrogen and oxygen atoms in total. The topological polar surface area (TPSA) is 115 Å². The minimum Gasteiger partial charge on any atom is -0.397 e. The monoisotopic (exact) mass is 327 g/mol. The molecule has 0 aromatic carbocycles.